The summed E-state index contributed by atoms with van der Waals surface area (Å²) >= 11 is 3.09. The van der Waals surface area contributed by atoms with Crippen LogP contribution in [-0.2, 0) is 0 Å². The van der Waals surface area contributed by atoms with Gasteiger partial charge in [-0.15, -0.1) is 0 Å². The van der Waals surface area contributed by atoms with Gasteiger partial charge in [-0.25, -0.2) is 4.39 Å². The summed E-state index contributed by atoms with van der Waals surface area (Å²) in [5.74, 6) is 0.0226. The molecule has 1 atom stereocenters. The van der Waals surface area contributed by atoms with Crippen molar-refractivity contribution in [1.29, 1.82) is 0 Å². The third kappa shape index (κ3) is 5.31. The van der Waals surface area contributed by atoms with Crippen LogP contribution in [0.2, 0.25) is 0 Å². The molecule has 1 unspecified atom stereocenters. The van der Waals surface area contributed by atoms with E-state index in [0.29, 0.717) is 22.5 Å². The Labute approximate surface area is 122 Å². The van der Waals surface area contributed by atoms with Crippen molar-refractivity contribution in [1.82, 2.24) is 5.32 Å². The van der Waals surface area contributed by atoms with Crippen LogP contribution in [-0.4, -0.2) is 12.5 Å². The second-order valence-electron chi connectivity index (χ2n) is 4.76. The van der Waals surface area contributed by atoms with Gasteiger partial charge < -0.3 is 5.32 Å². The lowest BCUT2D eigenvalue weighted by Crippen LogP contribution is -2.29. The zero-order chi connectivity index (χ0) is 14.3. The number of hydrogen-bond donors (Lipinski definition) is 1. The first kappa shape index (κ1) is 16.2. The summed E-state index contributed by atoms with van der Waals surface area (Å²) in [7, 11) is 0. The van der Waals surface area contributed by atoms with E-state index in [1.165, 1.54) is 31.0 Å². The van der Waals surface area contributed by atoms with E-state index in [-0.39, 0.29) is 11.7 Å². The quantitative estimate of drug-likeness (QED) is 0.782. The van der Waals surface area contributed by atoms with Crippen LogP contribution in [0.25, 0.3) is 0 Å². The molecule has 0 aliphatic heterocycles. The van der Waals surface area contributed by atoms with Crippen molar-refractivity contribution in [2.45, 2.75) is 39.5 Å². The lowest BCUT2D eigenvalue weighted by Gasteiger charge is -2.15. The highest BCUT2D eigenvalue weighted by molar-refractivity contribution is 9.10. The summed E-state index contributed by atoms with van der Waals surface area (Å²) < 4.78 is 13.4. The fourth-order valence-electron chi connectivity index (χ4n) is 1.92. The third-order valence-electron chi connectivity index (χ3n) is 3.28. The normalized spacial score (nSPS) is 12.2. The summed E-state index contributed by atoms with van der Waals surface area (Å²) in [5.41, 5.74) is 0.485. The first-order chi connectivity index (χ1) is 9.08. The number of benzene rings is 1. The van der Waals surface area contributed by atoms with E-state index >= 15 is 0 Å². The molecule has 0 spiro atoms. The molecule has 0 heterocycles. The second kappa shape index (κ2) is 8.31. The Morgan fingerprint density at radius 1 is 1.42 bits per heavy atom. The highest BCUT2D eigenvalue weighted by Crippen LogP contribution is 2.17. The molecule has 0 aliphatic rings. The molecule has 1 aromatic carbocycles. The number of hydrogen-bond acceptors (Lipinski definition) is 1. The summed E-state index contributed by atoms with van der Waals surface area (Å²) in [6.07, 6.45) is 4.57. The largest absolute Gasteiger partial charge is 0.352 e. The molecular weight excluding hydrogens is 309 g/mol. The molecule has 0 bridgehead atoms. The standard InChI is InChI=1S/C15H21BrFNO/c1-3-5-6-11(4-2)10-18-15(19)12-7-8-14(17)13(16)9-12/h7-9,11H,3-6,10H2,1-2H3,(H,18,19). The molecule has 0 aliphatic carbocycles. The molecule has 4 heteroatoms. The molecule has 0 saturated heterocycles. The van der Waals surface area contributed by atoms with Gasteiger partial charge in [-0.05, 0) is 46.5 Å². The highest BCUT2D eigenvalue weighted by Gasteiger charge is 2.11. The smallest absolute Gasteiger partial charge is 0.251 e. The minimum absolute atomic E-state index is 0.143. The van der Waals surface area contributed by atoms with E-state index in [4.69, 9.17) is 0 Å². The van der Waals surface area contributed by atoms with E-state index in [1.807, 2.05) is 0 Å². The third-order valence-corrected chi connectivity index (χ3v) is 3.88. The average molecular weight is 330 g/mol. The molecule has 1 aromatic rings. The van der Waals surface area contributed by atoms with Gasteiger partial charge in [-0.2, -0.15) is 0 Å². The van der Waals surface area contributed by atoms with Crippen molar-refractivity contribution in [2.75, 3.05) is 6.54 Å². The van der Waals surface area contributed by atoms with E-state index in [9.17, 15) is 9.18 Å². The molecule has 0 fully saturated rings. The second-order valence-corrected chi connectivity index (χ2v) is 5.61. The molecule has 0 aromatic heterocycles. The first-order valence-electron chi connectivity index (χ1n) is 6.81. The van der Waals surface area contributed by atoms with E-state index in [0.717, 1.165) is 12.8 Å². The summed E-state index contributed by atoms with van der Waals surface area (Å²) in [6, 6.07) is 4.31. The van der Waals surface area contributed by atoms with Crippen molar-refractivity contribution >= 4 is 21.8 Å². The van der Waals surface area contributed by atoms with E-state index in [2.05, 4.69) is 35.1 Å². The van der Waals surface area contributed by atoms with Crippen molar-refractivity contribution in [2.24, 2.45) is 5.92 Å². The predicted octanol–water partition coefficient (Wildman–Crippen LogP) is 4.53. The Morgan fingerprint density at radius 3 is 2.74 bits per heavy atom. The van der Waals surface area contributed by atoms with Gasteiger partial charge in [0, 0.05) is 12.1 Å². The van der Waals surface area contributed by atoms with Crippen molar-refractivity contribution in [3.05, 3.63) is 34.1 Å². The Bertz CT molecular complexity index is 423. The maximum Gasteiger partial charge on any atom is 0.251 e. The number of carbonyl (C=O) groups excluding carboxylic acids is 1. The maximum absolute atomic E-state index is 13.1. The summed E-state index contributed by atoms with van der Waals surface area (Å²) in [6.45, 7) is 4.99. The van der Waals surface area contributed by atoms with Gasteiger partial charge in [0.25, 0.3) is 5.91 Å². The number of amides is 1. The predicted molar refractivity (Wildman–Crippen MR) is 79.7 cm³/mol. The first-order valence-corrected chi connectivity index (χ1v) is 7.61. The van der Waals surface area contributed by atoms with Gasteiger partial charge in [-0.3, -0.25) is 4.79 Å². The van der Waals surface area contributed by atoms with Crippen LogP contribution in [0.3, 0.4) is 0 Å². The molecule has 0 radical (unpaired) electrons. The number of carbonyl (C=O) groups is 1. The van der Waals surface area contributed by atoms with Crippen LogP contribution in [0.5, 0.6) is 0 Å². The zero-order valence-corrected chi connectivity index (χ0v) is 13.1. The zero-order valence-electron chi connectivity index (χ0n) is 11.5. The highest BCUT2D eigenvalue weighted by atomic mass is 79.9. The molecule has 106 valence electrons. The summed E-state index contributed by atoms with van der Waals surface area (Å²) in [5, 5.41) is 2.92. The topological polar surface area (TPSA) is 29.1 Å². The Morgan fingerprint density at radius 2 is 2.16 bits per heavy atom. The van der Waals surface area contributed by atoms with Crippen molar-refractivity contribution < 1.29 is 9.18 Å². The van der Waals surface area contributed by atoms with Crippen LogP contribution in [0.1, 0.15) is 49.9 Å². The fraction of sp³-hybridized carbons (Fsp3) is 0.533. The number of halogens is 2. The van der Waals surface area contributed by atoms with E-state index in [1.54, 1.807) is 0 Å². The Hall–Kier alpha value is -0.900. The van der Waals surface area contributed by atoms with Crippen LogP contribution in [0.4, 0.5) is 4.39 Å². The molecule has 1 N–H and O–H groups in total. The molecule has 19 heavy (non-hydrogen) atoms. The van der Waals surface area contributed by atoms with Crippen LogP contribution < -0.4 is 5.32 Å². The van der Waals surface area contributed by atoms with E-state index < -0.39 is 0 Å². The number of nitrogens with one attached hydrogen (secondary N) is 1. The Kier molecular flexibility index (Phi) is 7.06. The van der Waals surface area contributed by atoms with Gasteiger partial charge in [0.2, 0.25) is 0 Å². The SMILES string of the molecule is CCCCC(CC)CNC(=O)c1ccc(F)c(Br)c1. The van der Waals surface area contributed by atoms with Crippen LogP contribution >= 0.6 is 15.9 Å². The van der Waals surface area contributed by atoms with Gasteiger partial charge in [0.05, 0.1) is 4.47 Å². The summed E-state index contributed by atoms with van der Waals surface area (Å²) in [4.78, 5) is 11.9. The molecule has 1 rings (SSSR count). The number of unbranched alkanes of at least 4 members (excludes halogenated alkanes) is 1. The lowest BCUT2D eigenvalue weighted by molar-refractivity contribution is 0.0945. The number of rotatable bonds is 7. The van der Waals surface area contributed by atoms with Gasteiger partial charge in [0.1, 0.15) is 5.82 Å². The molecule has 0 saturated carbocycles. The molecular formula is C15H21BrFNO. The molecule has 2 nitrogen and oxygen atoms in total. The molecule has 1 amide bonds. The van der Waals surface area contributed by atoms with Crippen LogP contribution in [0.15, 0.2) is 22.7 Å². The van der Waals surface area contributed by atoms with Crippen molar-refractivity contribution in [3.8, 4) is 0 Å². The monoisotopic (exact) mass is 329 g/mol. The minimum Gasteiger partial charge on any atom is -0.352 e. The van der Waals surface area contributed by atoms with Gasteiger partial charge >= 0.3 is 0 Å². The fourth-order valence-corrected chi connectivity index (χ4v) is 2.30. The average Bonchev–Trinajstić information content (AvgIpc) is 2.41. The maximum atomic E-state index is 13.1. The van der Waals surface area contributed by atoms with Crippen molar-refractivity contribution in [3.63, 3.8) is 0 Å². The van der Waals surface area contributed by atoms with Crippen LogP contribution in [0, 0.1) is 11.7 Å². The minimum atomic E-state index is -0.356. The Balaban J connectivity index is 2.52. The van der Waals surface area contributed by atoms with Gasteiger partial charge in [-0.1, -0.05) is 33.1 Å². The lowest BCUT2D eigenvalue weighted by atomic mass is 9.99. The van der Waals surface area contributed by atoms with Gasteiger partial charge in [0.15, 0.2) is 0 Å².